The molecule has 2 aromatic carbocycles. The molecule has 0 radical (unpaired) electrons. The Labute approximate surface area is 214 Å². The molecule has 0 spiro atoms. The molecule has 2 N–H and O–H groups in total. The summed E-state index contributed by atoms with van der Waals surface area (Å²) < 4.78 is 26.9. The summed E-state index contributed by atoms with van der Waals surface area (Å²) in [5.41, 5.74) is 1.66. The van der Waals surface area contributed by atoms with Gasteiger partial charge in [0.15, 0.2) is 23.0 Å². The van der Waals surface area contributed by atoms with Crippen LogP contribution in [0.1, 0.15) is 15.9 Å². The molecule has 0 bridgehead atoms. The fraction of sp³-hybridized carbons (Fsp3) is 0.400. The second-order valence-electron chi connectivity index (χ2n) is 7.78. The smallest absolute Gasteiger partial charge is 0.414 e. The standard InChI is InChI=1S/C23H30N2O6.C2H2O4/c1-27-18-7-6-17(14-19(18)28-2)23(26)25-10-8-24(9-11-25)15-16-12-20(29-3)22(31-5)21(13-16)30-4;3-1(4)2(5)6/h6-7,12-14H,8-11,15H2,1-5H3;(H,3,4)(H,5,6). The van der Waals surface area contributed by atoms with Crippen molar-refractivity contribution in [3.63, 3.8) is 0 Å². The summed E-state index contributed by atoms with van der Waals surface area (Å²) in [6.07, 6.45) is 0. The molecule has 0 saturated carbocycles. The summed E-state index contributed by atoms with van der Waals surface area (Å²) in [6.45, 7) is 3.58. The normalized spacial score (nSPS) is 13.1. The highest BCUT2D eigenvalue weighted by Gasteiger charge is 2.24. The van der Waals surface area contributed by atoms with E-state index in [1.165, 1.54) is 0 Å². The zero-order chi connectivity index (χ0) is 27.5. The van der Waals surface area contributed by atoms with Gasteiger partial charge in [0, 0.05) is 38.3 Å². The third kappa shape index (κ3) is 7.64. The highest BCUT2D eigenvalue weighted by Crippen LogP contribution is 2.38. The predicted octanol–water partition coefficient (Wildman–Crippen LogP) is 1.84. The Hall–Kier alpha value is -4.19. The van der Waals surface area contributed by atoms with E-state index in [1.807, 2.05) is 17.0 Å². The number of rotatable bonds is 8. The van der Waals surface area contributed by atoms with Crippen LogP contribution in [0.3, 0.4) is 0 Å². The Morgan fingerprint density at radius 1 is 0.703 bits per heavy atom. The van der Waals surface area contributed by atoms with Gasteiger partial charge in [-0.05, 0) is 35.9 Å². The molecule has 3 rings (SSSR count). The van der Waals surface area contributed by atoms with E-state index in [2.05, 4.69) is 4.90 Å². The van der Waals surface area contributed by atoms with E-state index in [0.29, 0.717) is 47.4 Å². The van der Waals surface area contributed by atoms with Crippen LogP contribution in [-0.4, -0.2) is 99.6 Å². The molecule has 0 atom stereocenters. The molecule has 12 nitrogen and oxygen atoms in total. The first-order chi connectivity index (χ1) is 17.7. The van der Waals surface area contributed by atoms with Crippen molar-refractivity contribution >= 4 is 17.8 Å². The minimum atomic E-state index is -1.82. The second-order valence-corrected chi connectivity index (χ2v) is 7.78. The van der Waals surface area contributed by atoms with Crippen LogP contribution in [-0.2, 0) is 16.1 Å². The molecule has 202 valence electrons. The Morgan fingerprint density at radius 3 is 1.65 bits per heavy atom. The van der Waals surface area contributed by atoms with Crippen molar-refractivity contribution < 1.29 is 48.3 Å². The molecule has 1 amide bonds. The zero-order valence-corrected chi connectivity index (χ0v) is 21.5. The number of amides is 1. The predicted molar refractivity (Wildman–Crippen MR) is 132 cm³/mol. The van der Waals surface area contributed by atoms with Crippen LogP contribution in [0.4, 0.5) is 0 Å². The van der Waals surface area contributed by atoms with E-state index in [4.69, 9.17) is 43.5 Å². The van der Waals surface area contributed by atoms with Crippen LogP contribution in [0.2, 0.25) is 0 Å². The van der Waals surface area contributed by atoms with Crippen LogP contribution in [0, 0.1) is 0 Å². The third-order valence-corrected chi connectivity index (χ3v) is 5.60. The van der Waals surface area contributed by atoms with Gasteiger partial charge in [-0.3, -0.25) is 9.69 Å². The lowest BCUT2D eigenvalue weighted by atomic mass is 10.1. The average molecular weight is 521 g/mol. The molecule has 1 aliphatic heterocycles. The summed E-state index contributed by atoms with van der Waals surface area (Å²) in [5.74, 6) is -0.640. The van der Waals surface area contributed by atoms with Gasteiger partial charge in [-0.2, -0.15) is 0 Å². The van der Waals surface area contributed by atoms with E-state index in [1.54, 1.807) is 53.7 Å². The molecule has 0 aliphatic carbocycles. The Kier molecular flexibility index (Phi) is 10.8. The van der Waals surface area contributed by atoms with Crippen LogP contribution < -0.4 is 23.7 Å². The van der Waals surface area contributed by atoms with Gasteiger partial charge in [0.25, 0.3) is 5.91 Å². The number of ether oxygens (including phenoxy) is 5. The first kappa shape index (κ1) is 29.0. The van der Waals surface area contributed by atoms with Crippen molar-refractivity contribution in [1.29, 1.82) is 0 Å². The van der Waals surface area contributed by atoms with E-state index >= 15 is 0 Å². The number of aliphatic carboxylic acids is 2. The van der Waals surface area contributed by atoms with Crippen molar-refractivity contribution in [2.75, 3.05) is 61.7 Å². The quantitative estimate of drug-likeness (QED) is 0.492. The van der Waals surface area contributed by atoms with Gasteiger partial charge >= 0.3 is 11.9 Å². The number of benzene rings is 2. The minimum absolute atomic E-state index is 0.00612. The highest BCUT2D eigenvalue weighted by atomic mass is 16.5. The Morgan fingerprint density at radius 2 is 1.22 bits per heavy atom. The molecular weight excluding hydrogens is 488 g/mol. The molecule has 37 heavy (non-hydrogen) atoms. The summed E-state index contributed by atoms with van der Waals surface area (Å²) >= 11 is 0. The van der Waals surface area contributed by atoms with Crippen molar-refractivity contribution in [2.45, 2.75) is 6.54 Å². The van der Waals surface area contributed by atoms with Crippen molar-refractivity contribution in [1.82, 2.24) is 9.80 Å². The maximum atomic E-state index is 12.9. The van der Waals surface area contributed by atoms with E-state index in [0.717, 1.165) is 25.2 Å². The molecular formula is C25H32N2O10. The fourth-order valence-electron chi connectivity index (χ4n) is 3.75. The lowest BCUT2D eigenvalue weighted by Crippen LogP contribution is -2.48. The van der Waals surface area contributed by atoms with Crippen molar-refractivity contribution in [3.05, 3.63) is 41.5 Å². The summed E-state index contributed by atoms with van der Waals surface area (Å²) in [4.78, 5) is 35.3. The van der Waals surface area contributed by atoms with E-state index in [-0.39, 0.29) is 5.91 Å². The van der Waals surface area contributed by atoms with Gasteiger partial charge in [-0.1, -0.05) is 0 Å². The molecule has 1 aliphatic rings. The minimum Gasteiger partial charge on any atom is -0.493 e. The summed E-state index contributed by atoms with van der Waals surface area (Å²) in [6, 6.07) is 9.17. The van der Waals surface area contributed by atoms with Crippen molar-refractivity contribution in [3.8, 4) is 28.7 Å². The molecule has 12 heteroatoms. The van der Waals surface area contributed by atoms with Gasteiger partial charge in [0.05, 0.1) is 35.5 Å². The SMILES string of the molecule is COc1ccc(C(=O)N2CCN(Cc3cc(OC)c(OC)c(OC)c3)CC2)cc1OC.O=C(O)C(=O)O. The first-order valence-electron chi connectivity index (χ1n) is 11.2. The van der Waals surface area contributed by atoms with Gasteiger partial charge in [0.1, 0.15) is 0 Å². The third-order valence-electron chi connectivity index (χ3n) is 5.60. The van der Waals surface area contributed by atoms with Crippen molar-refractivity contribution in [2.24, 2.45) is 0 Å². The number of carboxylic acids is 2. The summed E-state index contributed by atoms with van der Waals surface area (Å²) in [5, 5.41) is 14.8. The number of carbonyl (C=O) groups is 3. The molecule has 0 aromatic heterocycles. The van der Waals surface area contributed by atoms with Gasteiger partial charge in [-0.15, -0.1) is 0 Å². The Bertz CT molecular complexity index is 1060. The fourth-order valence-corrected chi connectivity index (χ4v) is 3.75. The number of hydrogen-bond acceptors (Lipinski definition) is 9. The molecule has 1 saturated heterocycles. The topological polar surface area (TPSA) is 144 Å². The maximum Gasteiger partial charge on any atom is 0.414 e. The number of nitrogens with zero attached hydrogens (tertiary/aromatic N) is 2. The van der Waals surface area contributed by atoms with Crippen LogP contribution in [0.15, 0.2) is 30.3 Å². The van der Waals surface area contributed by atoms with Crippen LogP contribution in [0.5, 0.6) is 28.7 Å². The number of carbonyl (C=O) groups excluding carboxylic acids is 1. The van der Waals surface area contributed by atoms with Crippen LogP contribution in [0.25, 0.3) is 0 Å². The van der Waals surface area contributed by atoms with E-state index in [9.17, 15) is 4.79 Å². The number of methoxy groups -OCH3 is 5. The van der Waals surface area contributed by atoms with Crippen LogP contribution >= 0.6 is 0 Å². The van der Waals surface area contributed by atoms with Gasteiger partial charge in [0.2, 0.25) is 5.75 Å². The monoisotopic (exact) mass is 520 g/mol. The highest BCUT2D eigenvalue weighted by molar-refractivity contribution is 6.27. The lowest BCUT2D eigenvalue weighted by molar-refractivity contribution is -0.159. The lowest BCUT2D eigenvalue weighted by Gasteiger charge is -2.35. The number of piperazine rings is 1. The largest absolute Gasteiger partial charge is 0.493 e. The molecule has 1 fully saturated rings. The zero-order valence-electron chi connectivity index (χ0n) is 21.5. The maximum absolute atomic E-state index is 12.9. The summed E-state index contributed by atoms with van der Waals surface area (Å²) in [7, 11) is 7.95. The number of hydrogen-bond donors (Lipinski definition) is 2. The molecule has 1 heterocycles. The average Bonchev–Trinajstić information content (AvgIpc) is 2.92. The van der Waals surface area contributed by atoms with Gasteiger partial charge in [-0.25, -0.2) is 9.59 Å². The first-order valence-corrected chi connectivity index (χ1v) is 11.2. The van der Waals surface area contributed by atoms with Gasteiger partial charge < -0.3 is 38.8 Å². The number of carboxylic acid groups (broad SMARTS) is 2. The van der Waals surface area contributed by atoms with E-state index < -0.39 is 11.9 Å². The Balaban J connectivity index is 0.000000717. The second kappa shape index (κ2) is 13.8. The molecule has 0 unspecified atom stereocenters. The molecule has 2 aromatic rings.